The van der Waals surface area contributed by atoms with Gasteiger partial charge in [-0.25, -0.2) is 15.0 Å². The Morgan fingerprint density at radius 2 is 2.25 bits per heavy atom. The van der Waals surface area contributed by atoms with Gasteiger partial charge in [0.25, 0.3) is 0 Å². The molecule has 0 fully saturated rings. The SMILES string of the molecule is CCNc1cn2ccnc2c(NN(C)C)n1. The average molecular weight is 220 g/mol. The fourth-order valence-electron chi connectivity index (χ4n) is 1.48. The highest BCUT2D eigenvalue weighted by atomic mass is 15.5. The molecule has 0 saturated heterocycles. The fraction of sp³-hybridized carbons (Fsp3) is 0.400. The molecule has 0 spiro atoms. The highest BCUT2D eigenvalue weighted by Gasteiger charge is 2.07. The third-order valence-corrected chi connectivity index (χ3v) is 2.06. The van der Waals surface area contributed by atoms with Crippen molar-refractivity contribution in [2.24, 2.45) is 0 Å². The van der Waals surface area contributed by atoms with Crippen molar-refractivity contribution in [1.29, 1.82) is 0 Å². The average Bonchev–Trinajstić information content (AvgIpc) is 2.65. The van der Waals surface area contributed by atoms with Gasteiger partial charge < -0.3 is 15.1 Å². The minimum absolute atomic E-state index is 0.744. The molecule has 6 nitrogen and oxygen atoms in total. The zero-order valence-corrected chi connectivity index (χ0v) is 9.73. The van der Waals surface area contributed by atoms with E-state index in [-0.39, 0.29) is 0 Å². The van der Waals surface area contributed by atoms with Crippen molar-refractivity contribution in [3.63, 3.8) is 0 Å². The van der Waals surface area contributed by atoms with Crippen molar-refractivity contribution in [3.8, 4) is 0 Å². The second kappa shape index (κ2) is 4.36. The summed E-state index contributed by atoms with van der Waals surface area (Å²) in [6.07, 6.45) is 5.58. The summed E-state index contributed by atoms with van der Waals surface area (Å²) in [6.45, 7) is 2.88. The quantitative estimate of drug-likeness (QED) is 0.754. The molecule has 0 aromatic carbocycles. The van der Waals surface area contributed by atoms with Crippen LogP contribution in [0.5, 0.6) is 0 Å². The van der Waals surface area contributed by atoms with Gasteiger partial charge in [0, 0.05) is 33.0 Å². The van der Waals surface area contributed by atoms with Gasteiger partial charge in [0.2, 0.25) is 0 Å². The van der Waals surface area contributed by atoms with E-state index in [0.717, 1.165) is 23.8 Å². The van der Waals surface area contributed by atoms with E-state index in [2.05, 4.69) is 20.7 Å². The van der Waals surface area contributed by atoms with Gasteiger partial charge in [-0.2, -0.15) is 0 Å². The molecule has 2 rings (SSSR count). The largest absolute Gasteiger partial charge is 0.369 e. The summed E-state index contributed by atoms with van der Waals surface area (Å²) in [5, 5.41) is 5.02. The number of fused-ring (bicyclic) bond motifs is 1. The Kier molecular flexibility index (Phi) is 2.91. The Morgan fingerprint density at radius 3 is 2.94 bits per heavy atom. The van der Waals surface area contributed by atoms with Crippen molar-refractivity contribution >= 4 is 17.3 Å². The van der Waals surface area contributed by atoms with Crippen LogP contribution in [0, 0.1) is 0 Å². The van der Waals surface area contributed by atoms with Crippen LogP contribution >= 0.6 is 0 Å². The number of rotatable bonds is 4. The molecule has 0 atom stereocenters. The lowest BCUT2D eigenvalue weighted by Crippen LogP contribution is -2.21. The van der Waals surface area contributed by atoms with Gasteiger partial charge in [0.05, 0.1) is 6.20 Å². The smallest absolute Gasteiger partial charge is 0.186 e. The van der Waals surface area contributed by atoms with E-state index in [9.17, 15) is 0 Å². The van der Waals surface area contributed by atoms with E-state index in [1.807, 2.05) is 42.8 Å². The normalized spacial score (nSPS) is 11.0. The number of hydrogen-bond donors (Lipinski definition) is 2. The molecule has 2 N–H and O–H groups in total. The molecule has 2 aromatic rings. The Hall–Kier alpha value is -1.82. The van der Waals surface area contributed by atoms with Gasteiger partial charge in [-0.05, 0) is 6.92 Å². The number of aromatic nitrogens is 3. The summed E-state index contributed by atoms with van der Waals surface area (Å²) in [7, 11) is 3.84. The molecule has 0 aliphatic carbocycles. The molecule has 0 unspecified atom stereocenters. The second-order valence-corrected chi connectivity index (χ2v) is 3.67. The van der Waals surface area contributed by atoms with Gasteiger partial charge in [-0.3, -0.25) is 0 Å². The van der Waals surface area contributed by atoms with E-state index in [4.69, 9.17) is 0 Å². The van der Waals surface area contributed by atoms with E-state index in [0.29, 0.717) is 0 Å². The summed E-state index contributed by atoms with van der Waals surface area (Å²) in [5.41, 5.74) is 3.95. The number of nitrogens with one attached hydrogen (secondary N) is 2. The summed E-state index contributed by atoms with van der Waals surface area (Å²) in [6, 6.07) is 0. The molecule has 16 heavy (non-hydrogen) atoms. The first-order chi connectivity index (χ1) is 7.70. The summed E-state index contributed by atoms with van der Waals surface area (Å²) >= 11 is 0. The third-order valence-electron chi connectivity index (χ3n) is 2.06. The zero-order chi connectivity index (χ0) is 11.5. The highest BCUT2D eigenvalue weighted by Crippen LogP contribution is 2.16. The van der Waals surface area contributed by atoms with Gasteiger partial charge in [-0.15, -0.1) is 0 Å². The number of hydrazine groups is 1. The predicted octanol–water partition coefficient (Wildman–Crippen LogP) is 1.05. The predicted molar refractivity (Wildman–Crippen MR) is 64.5 cm³/mol. The van der Waals surface area contributed by atoms with Crippen molar-refractivity contribution in [2.75, 3.05) is 31.4 Å². The summed E-state index contributed by atoms with van der Waals surface area (Å²) < 4.78 is 1.94. The lowest BCUT2D eigenvalue weighted by molar-refractivity contribution is 0.493. The number of anilines is 2. The molecular formula is C10H16N6. The third kappa shape index (κ3) is 2.06. The van der Waals surface area contributed by atoms with E-state index in [1.54, 1.807) is 6.20 Å². The van der Waals surface area contributed by atoms with Crippen molar-refractivity contribution in [2.45, 2.75) is 6.92 Å². The van der Waals surface area contributed by atoms with Gasteiger partial charge in [0.1, 0.15) is 5.82 Å². The molecule has 2 heterocycles. The Balaban J connectivity index is 2.46. The van der Waals surface area contributed by atoms with Crippen molar-refractivity contribution in [3.05, 3.63) is 18.6 Å². The fourth-order valence-corrected chi connectivity index (χ4v) is 1.48. The maximum Gasteiger partial charge on any atom is 0.186 e. The lowest BCUT2D eigenvalue weighted by Gasteiger charge is -2.14. The maximum atomic E-state index is 4.46. The van der Waals surface area contributed by atoms with Crippen LogP contribution in [0.3, 0.4) is 0 Å². The van der Waals surface area contributed by atoms with E-state index < -0.39 is 0 Å². The number of imidazole rings is 1. The summed E-state index contributed by atoms with van der Waals surface area (Å²) in [4.78, 5) is 8.71. The molecule has 2 aromatic heterocycles. The first-order valence-corrected chi connectivity index (χ1v) is 5.22. The van der Waals surface area contributed by atoms with Crippen LogP contribution in [0.1, 0.15) is 6.92 Å². The Labute approximate surface area is 94.3 Å². The Morgan fingerprint density at radius 1 is 1.44 bits per heavy atom. The van der Waals surface area contributed by atoms with Crippen molar-refractivity contribution in [1.82, 2.24) is 19.4 Å². The van der Waals surface area contributed by atoms with Crippen LogP contribution < -0.4 is 10.7 Å². The highest BCUT2D eigenvalue weighted by molar-refractivity contribution is 5.64. The molecular weight excluding hydrogens is 204 g/mol. The standard InChI is InChI=1S/C10H16N6/c1-4-11-8-7-16-6-5-12-10(16)9(13-8)14-15(2)3/h5-7,11H,4H2,1-3H3,(H,13,14). The van der Waals surface area contributed by atoms with Crippen molar-refractivity contribution < 1.29 is 0 Å². The molecule has 0 amide bonds. The topological polar surface area (TPSA) is 57.5 Å². The maximum absolute atomic E-state index is 4.46. The minimum atomic E-state index is 0.744. The van der Waals surface area contributed by atoms with E-state index >= 15 is 0 Å². The first kappa shape index (κ1) is 10.7. The monoisotopic (exact) mass is 220 g/mol. The number of nitrogens with zero attached hydrogens (tertiary/aromatic N) is 4. The summed E-state index contributed by atoms with van der Waals surface area (Å²) in [5.74, 6) is 1.57. The van der Waals surface area contributed by atoms with E-state index in [1.165, 1.54) is 0 Å². The molecule has 0 aliphatic rings. The van der Waals surface area contributed by atoms with Crippen LogP contribution in [-0.2, 0) is 0 Å². The molecule has 86 valence electrons. The van der Waals surface area contributed by atoms with Crippen LogP contribution in [0.2, 0.25) is 0 Å². The van der Waals surface area contributed by atoms with Gasteiger partial charge in [-0.1, -0.05) is 0 Å². The van der Waals surface area contributed by atoms with Crippen LogP contribution in [0.25, 0.3) is 5.65 Å². The minimum Gasteiger partial charge on any atom is -0.369 e. The zero-order valence-electron chi connectivity index (χ0n) is 9.73. The molecule has 0 aliphatic heterocycles. The van der Waals surface area contributed by atoms with Crippen LogP contribution in [-0.4, -0.2) is 40.0 Å². The lowest BCUT2D eigenvalue weighted by atomic mass is 10.5. The Bertz CT molecular complexity index is 475. The molecule has 6 heteroatoms. The second-order valence-electron chi connectivity index (χ2n) is 3.67. The molecule has 0 bridgehead atoms. The molecule has 0 saturated carbocycles. The van der Waals surface area contributed by atoms with Crippen LogP contribution in [0.15, 0.2) is 18.6 Å². The molecule has 0 radical (unpaired) electrons. The first-order valence-electron chi connectivity index (χ1n) is 5.22. The van der Waals surface area contributed by atoms with Gasteiger partial charge >= 0.3 is 0 Å². The number of hydrogen-bond acceptors (Lipinski definition) is 5. The van der Waals surface area contributed by atoms with Gasteiger partial charge in [0.15, 0.2) is 11.5 Å². The van der Waals surface area contributed by atoms with Crippen LogP contribution in [0.4, 0.5) is 11.6 Å².